The normalized spacial score (nSPS) is 16.7. The molecule has 0 unspecified atom stereocenters. The first kappa shape index (κ1) is 14.7. The van der Waals surface area contributed by atoms with Crippen molar-refractivity contribution in [3.63, 3.8) is 0 Å². The van der Waals surface area contributed by atoms with Crippen molar-refractivity contribution in [2.24, 2.45) is 0 Å². The Hall–Kier alpha value is -0.670. The van der Waals surface area contributed by atoms with Crippen LogP contribution in [0, 0.1) is 0 Å². The van der Waals surface area contributed by atoms with Gasteiger partial charge in [0.15, 0.2) is 0 Å². The maximum atomic E-state index is 3.43. The second-order valence-corrected chi connectivity index (χ2v) is 7.93. The summed E-state index contributed by atoms with van der Waals surface area (Å²) >= 11 is 1.99. The molecule has 0 saturated carbocycles. The van der Waals surface area contributed by atoms with E-state index >= 15 is 0 Å². The Balaban J connectivity index is 2.30. The molecule has 0 atom stereocenters. The molecule has 1 aliphatic heterocycles. The number of hydrogen-bond donors (Lipinski definition) is 1. The molecule has 1 aromatic rings. The monoisotopic (exact) mass is 278 g/mol. The van der Waals surface area contributed by atoms with Crippen molar-refractivity contribution in [1.29, 1.82) is 0 Å². The van der Waals surface area contributed by atoms with E-state index in [4.69, 9.17) is 0 Å². The molecule has 1 N–H and O–H groups in total. The van der Waals surface area contributed by atoms with Crippen molar-refractivity contribution in [1.82, 2.24) is 5.32 Å². The van der Waals surface area contributed by atoms with Crippen LogP contribution in [0.5, 0.6) is 0 Å². The summed E-state index contributed by atoms with van der Waals surface area (Å²) in [5, 5.41) is 3.43. The zero-order valence-corrected chi connectivity index (χ0v) is 13.4. The average Bonchev–Trinajstić information content (AvgIpc) is 2.37. The number of rotatable bonds is 3. The summed E-state index contributed by atoms with van der Waals surface area (Å²) in [5.74, 6) is 0. The SMILES string of the molecule is CCc1c(SC(C)(C)C)cccc1N1CCNCC1. The second kappa shape index (κ2) is 6.19. The minimum absolute atomic E-state index is 0.270. The van der Waals surface area contributed by atoms with E-state index in [0.29, 0.717) is 0 Å². The van der Waals surface area contributed by atoms with E-state index in [2.05, 4.69) is 56.1 Å². The van der Waals surface area contributed by atoms with Crippen LogP contribution in [0.4, 0.5) is 5.69 Å². The maximum Gasteiger partial charge on any atom is 0.0410 e. The molecule has 1 aliphatic rings. The smallest absolute Gasteiger partial charge is 0.0410 e. The van der Waals surface area contributed by atoms with Crippen LogP contribution < -0.4 is 10.2 Å². The van der Waals surface area contributed by atoms with E-state index < -0.39 is 0 Å². The van der Waals surface area contributed by atoms with Crippen molar-refractivity contribution < 1.29 is 0 Å². The molecule has 1 aromatic carbocycles. The topological polar surface area (TPSA) is 15.3 Å². The van der Waals surface area contributed by atoms with Crippen LogP contribution >= 0.6 is 11.8 Å². The van der Waals surface area contributed by atoms with E-state index in [-0.39, 0.29) is 4.75 Å². The third-order valence-corrected chi connectivity index (χ3v) is 4.55. The van der Waals surface area contributed by atoms with Crippen molar-refractivity contribution in [2.45, 2.75) is 43.8 Å². The van der Waals surface area contributed by atoms with Gasteiger partial charge in [-0.05, 0) is 24.1 Å². The molecule has 0 bridgehead atoms. The number of nitrogens with zero attached hydrogens (tertiary/aromatic N) is 1. The van der Waals surface area contributed by atoms with Crippen LogP contribution in [-0.4, -0.2) is 30.9 Å². The zero-order valence-electron chi connectivity index (χ0n) is 12.6. The zero-order chi connectivity index (χ0) is 13.9. The standard InChI is InChI=1S/C16H26N2S/c1-5-13-14(18-11-9-17-10-12-18)7-6-8-15(13)19-16(2,3)4/h6-8,17H,5,9-12H2,1-4H3. The molecule has 3 heteroatoms. The van der Waals surface area contributed by atoms with Crippen LogP contribution in [-0.2, 0) is 6.42 Å². The van der Waals surface area contributed by atoms with Crippen molar-refractivity contribution >= 4 is 17.4 Å². The summed E-state index contributed by atoms with van der Waals surface area (Å²) in [6, 6.07) is 6.78. The summed E-state index contributed by atoms with van der Waals surface area (Å²) < 4.78 is 0.270. The lowest BCUT2D eigenvalue weighted by Crippen LogP contribution is -2.43. The number of piperazine rings is 1. The van der Waals surface area contributed by atoms with Gasteiger partial charge in [-0.25, -0.2) is 0 Å². The fourth-order valence-corrected chi connectivity index (χ4v) is 3.72. The molecule has 0 radical (unpaired) electrons. The van der Waals surface area contributed by atoms with Crippen LogP contribution in [0.1, 0.15) is 33.3 Å². The highest BCUT2D eigenvalue weighted by Crippen LogP contribution is 2.38. The molecular weight excluding hydrogens is 252 g/mol. The van der Waals surface area contributed by atoms with Crippen LogP contribution in [0.15, 0.2) is 23.1 Å². The molecule has 106 valence electrons. The van der Waals surface area contributed by atoms with E-state index in [1.165, 1.54) is 16.1 Å². The van der Waals surface area contributed by atoms with Gasteiger partial charge in [0.1, 0.15) is 0 Å². The van der Waals surface area contributed by atoms with Crippen molar-refractivity contribution in [3.05, 3.63) is 23.8 Å². The van der Waals surface area contributed by atoms with Crippen LogP contribution in [0.3, 0.4) is 0 Å². The van der Waals surface area contributed by atoms with Crippen molar-refractivity contribution in [3.8, 4) is 0 Å². The predicted octanol–water partition coefficient (Wildman–Crippen LogP) is 3.55. The molecule has 1 fully saturated rings. The number of thioether (sulfide) groups is 1. The molecule has 19 heavy (non-hydrogen) atoms. The Labute approximate surface area is 122 Å². The Bertz CT molecular complexity index is 417. The Morgan fingerprint density at radius 2 is 1.89 bits per heavy atom. The van der Waals surface area contributed by atoms with Gasteiger partial charge in [0, 0.05) is 41.5 Å². The molecule has 0 aliphatic carbocycles. The molecule has 0 amide bonds. The van der Waals surface area contributed by atoms with Crippen LogP contribution in [0.2, 0.25) is 0 Å². The number of benzene rings is 1. The van der Waals surface area contributed by atoms with E-state index in [0.717, 1.165) is 32.6 Å². The highest BCUT2D eigenvalue weighted by atomic mass is 32.2. The Morgan fingerprint density at radius 1 is 1.21 bits per heavy atom. The van der Waals surface area contributed by atoms with Gasteiger partial charge < -0.3 is 10.2 Å². The number of hydrogen-bond acceptors (Lipinski definition) is 3. The van der Waals surface area contributed by atoms with E-state index in [1.807, 2.05) is 11.8 Å². The van der Waals surface area contributed by atoms with Gasteiger partial charge in [0.2, 0.25) is 0 Å². The quantitative estimate of drug-likeness (QED) is 0.851. The molecule has 2 nitrogen and oxygen atoms in total. The first-order valence-corrected chi connectivity index (χ1v) is 8.09. The van der Waals surface area contributed by atoms with Gasteiger partial charge in [0.05, 0.1) is 0 Å². The van der Waals surface area contributed by atoms with Crippen LogP contribution in [0.25, 0.3) is 0 Å². The van der Waals surface area contributed by atoms with Gasteiger partial charge in [-0.1, -0.05) is 33.8 Å². The summed E-state index contributed by atoms with van der Waals surface area (Å²) in [4.78, 5) is 3.98. The fourth-order valence-electron chi connectivity index (χ4n) is 2.54. The summed E-state index contributed by atoms with van der Waals surface area (Å²) in [6.07, 6.45) is 1.11. The third-order valence-electron chi connectivity index (χ3n) is 3.34. The molecule has 0 aromatic heterocycles. The fraction of sp³-hybridized carbons (Fsp3) is 0.625. The van der Waals surface area contributed by atoms with E-state index in [9.17, 15) is 0 Å². The lowest BCUT2D eigenvalue weighted by atomic mass is 10.1. The van der Waals surface area contributed by atoms with Crippen molar-refractivity contribution in [2.75, 3.05) is 31.1 Å². The minimum atomic E-state index is 0.270. The molecule has 2 rings (SSSR count). The average molecular weight is 278 g/mol. The lowest BCUT2D eigenvalue weighted by molar-refractivity contribution is 0.587. The summed E-state index contributed by atoms with van der Waals surface area (Å²) in [5.41, 5.74) is 2.96. The van der Waals surface area contributed by atoms with Gasteiger partial charge in [-0.15, -0.1) is 11.8 Å². The highest BCUT2D eigenvalue weighted by molar-refractivity contribution is 8.00. The largest absolute Gasteiger partial charge is 0.369 e. The summed E-state index contributed by atoms with van der Waals surface area (Å²) in [7, 11) is 0. The van der Waals surface area contributed by atoms with Gasteiger partial charge in [-0.2, -0.15) is 0 Å². The lowest BCUT2D eigenvalue weighted by Gasteiger charge is -2.32. The van der Waals surface area contributed by atoms with E-state index in [1.54, 1.807) is 0 Å². The first-order chi connectivity index (χ1) is 9.01. The Kier molecular flexibility index (Phi) is 4.80. The van der Waals surface area contributed by atoms with Gasteiger partial charge >= 0.3 is 0 Å². The van der Waals surface area contributed by atoms with Gasteiger partial charge in [0.25, 0.3) is 0 Å². The molecular formula is C16H26N2S. The predicted molar refractivity (Wildman–Crippen MR) is 86.5 cm³/mol. The Morgan fingerprint density at radius 3 is 2.47 bits per heavy atom. The second-order valence-electron chi connectivity index (χ2n) is 6.06. The highest BCUT2D eigenvalue weighted by Gasteiger charge is 2.19. The first-order valence-electron chi connectivity index (χ1n) is 7.28. The minimum Gasteiger partial charge on any atom is -0.369 e. The summed E-state index contributed by atoms with van der Waals surface area (Å²) in [6.45, 7) is 13.6. The molecule has 1 heterocycles. The molecule has 0 spiro atoms. The number of anilines is 1. The van der Waals surface area contributed by atoms with Gasteiger partial charge in [-0.3, -0.25) is 0 Å². The maximum absolute atomic E-state index is 3.43. The number of nitrogens with one attached hydrogen (secondary N) is 1. The molecule has 1 saturated heterocycles. The third kappa shape index (κ3) is 3.90.